The predicted octanol–water partition coefficient (Wildman–Crippen LogP) is 1.23. The number of piperazine rings is 1. The molecule has 27 heavy (non-hydrogen) atoms. The van der Waals surface area contributed by atoms with Crippen LogP contribution in [0.3, 0.4) is 0 Å². The highest BCUT2D eigenvalue weighted by molar-refractivity contribution is 5.91. The van der Waals surface area contributed by atoms with E-state index in [0.717, 1.165) is 32.6 Å². The Bertz CT molecular complexity index is 639. The molecule has 2 atom stereocenters. The Morgan fingerprint density at radius 1 is 1.11 bits per heavy atom. The second kappa shape index (κ2) is 9.32. The molecule has 2 amide bonds. The average molecular weight is 377 g/mol. The van der Waals surface area contributed by atoms with E-state index in [1.54, 1.807) is 13.0 Å². The molecule has 1 aliphatic heterocycles. The van der Waals surface area contributed by atoms with Gasteiger partial charge in [0.25, 0.3) is 0 Å². The van der Waals surface area contributed by atoms with Gasteiger partial charge >= 0.3 is 0 Å². The minimum atomic E-state index is -0.0965. The summed E-state index contributed by atoms with van der Waals surface area (Å²) in [6.45, 7) is 7.93. The van der Waals surface area contributed by atoms with Gasteiger partial charge in [-0.2, -0.15) is 0 Å². The van der Waals surface area contributed by atoms with Crippen LogP contribution in [0.4, 0.5) is 5.82 Å². The first-order chi connectivity index (χ1) is 13.0. The van der Waals surface area contributed by atoms with Crippen molar-refractivity contribution in [3.63, 3.8) is 0 Å². The standard InChI is InChI=1S/C19H31N5O3/c1-14-5-3-4-6-16(14)20-18(25)12-23-7-9-24(10-8-23)13-19(26)21-17-11-15(2)27-22-17/h11,14,16H,3-10,12-13H2,1-2H3,(H,20,25)(H,21,22,26)/t14-,16-/m0/s1. The maximum atomic E-state index is 12.3. The van der Waals surface area contributed by atoms with Crippen molar-refractivity contribution in [3.8, 4) is 0 Å². The van der Waals surface area contributed by atoms with Gasteiger partial charge in [-0.25, -0.2) is 0 Å². The smallest absolute Gasteiger partial charge is 0.239 e. The molecule has 2 N–H and O–H groups in total. The van der Waals surface area contributed by atoms with Crippen LogP contribution in [0.25, 0.3) is 0 Å². The molecule has 8 nitrogen and oxygen atoms in total. The summed E-state index contributed by atoms with van der Waals surface area (Å²) in [6.07, 6.45) is 4.80. The Morgan fingerprint density at radius 2 is 1.74 bits per heavy atom. The molecule has 0 radical (unpaired) electrons. The second-order valence-electron chi connectivity index (χ2n) is 7.86. The first-order valence-corrected chi connectivity index (χ1v) is 9.97. The van der Waals surface area contributed by atoms with Gasteiger partial charge in [0.05, 0.1) is 13.1 Å². The summed E-state index contributed by atoms with van der Waals surface area (Å²) in [4.78, 5) is 28.7. The molecule has 0 spiro atoms. The molecule has 3 rings (SSSR count). The number of hydrogen-bond donors (Lipinski definition) is 2. The number of amides is 2. The van der Waals surface area contributed by atoms with Gasteiger partial charge in [0.2, 0.25) is 11.8 Å². The van der Waals surface area contributed by atoms with Gasteiger partial charge in [-0.1, -0.05) is 24.9 Å². The molecule has 0 unspecified atom stereocenters. The Hall–Kier alpha value is -1.93. The van der Waals surface area contributed by atoms with E-state index in [1.807, 2.05) is 0 Å². The highest BCUT2D eigenvalue weighted by Gasteiger charge is 2.25. The van der Waals surface area contributed by atoms with Crippen LogP contribution in [0.2, 0.25) is 0 Å². The van der Waals surface area contributed by atoms with Gasteiger partial charge in [-0.3, -0.25) is 19.4 Å². The van der Waals surface area contributed by atoms with Crippen LogP contribution in [0, 0.1) is 12.8 Å². The van der Waals surface area contributed by atoms with E-state index in [1.165, 1.54) is 19.3 Å². The van der Waals surface area contributed by atoms with Crippen molar-refractivity contribution in [3.05, 3.63) is 11.8 Å². The van der Waals surface area contributed by atoms with Crippen molar-refractivity contribution in [2.45, 2.75) is 45.6 Å². The van der Waals surface area contributed by atoms with Crippen LogP contribution in [0.1, 0.15) is 38.4 Å². The normalized spacial score (nSPS) is 24.5. The van der Waals surface area contributed by atoms with Gasteiger partial charge in [-0.05, 0) is 25.7 Å². The van der Waals surface area contributed by atoms with E-state index in [0.29, 0.717) is 36.6 Å². The molecule has 2 fully saturated rings. The lowest BCUT2D eigenvalue weighted by Crippen LogP contribution is -2.52. The van der Waals surface area contributed by atoms with Crippen LogP contribution in [-0.4, -0.2) is 72.1 Å². The minimum Gasteiger partial charge on any atom is -0.360 e. The van der Waals surface area contributed by atoms with Gasteiger partial charge in [0, 0.05) is 38.3 Å². The highest BCUT2D eigenvalue weighted by Crippen LogP contribution is 2.23. The fraction of sp³-hybridized carbons (Fsp3) is 0.737. The summed E-state index contributed by atoms with van der Waals surface area (Å²) >= 11 is 0. The molecule has 1 aromatic rings. The zero-order chi connectivity index (χ0) is 19.2. The topological polar surface area (TPSA) is 90.7 Å². The van der Waals surface area contributed by atoms with Gasteiger partial charge in [0.1, 0.15) is 5.76 Å². The van der Waals surface area contributed by atoms with Gasteiger partial charge in [0.15, 0.2) is 5.82 Å². The number of hydrogen-bond acceptors (Lipinski definition) is 6. The third-order valence-electron chi connectivity index (χ3n) is 5.55. The van der Waals surface area contributed by atoms with Gasteiger partial charge < -0.3 is 15.2 Å². The number of aromatic nitrogens is 1. The van der Waals surface area contributed by atoms with Crippen molar-refractivity contribution in [2.75, 3.05) is 44.6 Å². The number of carbonyl (C=O) groups is 2. The second-order valence-corrected chi connectivity index (χ2v) is 7.86. The molecule has 2 aliphatic rings. The number of nitrogens with zero attached hydrogens (tertiary/aromatic N) is 3. The lowest BCUT2D eigenvalue weighted by Gasteiger charge is -2.35. The predicted molar refractivity (Wildman–Crippen MR) is 102 cm³/mol. The molecular weight excluding hydrogens is 346 g/mol. The zero-order valence-corrected chi connectivity index (χ0v) is 16.4. The summed E-state index contributed by atoms with van der Waals surface area (Å²) in [5.74, 6) is 1.72. The molecular formula is C19H31N5O3. The fourth-order valence-corrected chi connectivity index (χ4v) is 3.90. The monoisotopic (exact) mass is 377 g/mol. The van der Waals surface area contributed by atoms with Crippen LogP contribution >= 0.6 is 0 Å². The quantitative estimate of drug-likeness (QED) is 0.775. The fourth-order valence-electron chi connectivity index (χ4n) is 3.90. The number of aryl methyl sites for hydroxylation is 1. The van der Waals surface area contributed by atoms with Crippen LogP contribution < -0.4 is 10.6 Å². The Labute approximate surface area is 160 Å². The molecule has 150 valence electrons. The number of anilines is 1. The van der Waals surface area contributed by atoms with E-state index in [-0.39, 0.29) is 11.8 Å². The van der Waals surface area contributed by atoms with E-state index in [9.17, 15) is 9.59 Å². The van der Waals surface area contributed by atoms with E-state index in [4.69, 9.17) is 4.52 Å². The number of rotatable bonds is 6. The first-order valence-electron chi connectivity index (χ1n) is 9.97. The summed E-state index contributed by atoms with van der Waals surface area (Å²) in [6, 6.07) is 2.03. The average Bonchev–Trinajstić information content (AvgIpc) is 3.03. The third kappa shape index (κ3) is 6.04. The number of nitrogens with one attached hydrogen (secondary N) is 2. The van der Waals surface area contributed by atoms with E-state index >= 15 is 0 Å². The molecule has 1 saturated heterocycles. The van der Waals surface area contributed by atoms with Crippen molar-refractivity contribution in [2.24, 2.45) is 5.92 Å². The maximum absolute atomic E-state index is 12.3. The van der Waals surface area contributed by atoms with Crippen LogP contribution in [-0.2, 0) is 9.59 Å². The zero-order valence-electron chi connectivity index (χ0n) is 16.4. The Morgan fingerprint density at radius 3 is 2.33 bits per heavy atom. The van der Waals surface area contributed by atoms with Crippen molar-refractivity contribution < 1.29 is 14.1 Å². The summed E-state index contributed by atoms with van der Waals surface area (Å²) in [5.41, 5.74) is 0. The molecule has 1 saturated carbocycles. The first kappa shape index (κ1) is 19.8. The van der Waals surface area contributed by atoms with Crippen molar-refractivity contribution in [1.82, 2.24) is 20.3 Å². The Kier molecular flexibility index (Phi) is 6.84. The SMILES string of the molecule is Cc1cc(NC(=O)CN2CCN(CC(=O)N[C@H]3CCCC[C@@H]3C)CC2)no1. The van der Waals surface area contributed by atoms with Crippen molar-refractivity contribution >= 4 is 17.6 Å². The molecule has 0 bridgehead atoms. The Balaban J connectivity index is 1.34. The molecule has 1 aliphatic carbocycles. The highest BCUT2D eigenvalue weighted by atomic mass is 16.5. The summed E-state index contributed by atoms with van der Waals surface area (Å²) in [7, 11) is 0. The third-order valence-corrected chi connectivity index (χ3v) is 5.55. The van der Waals surface area contributed by atoms with Crippen LogP contribution in [0.15, 0.2) is 10.6 Å². The van der Waals surface area contributed by atoms with Gasteiger partial charge in [-0.15, -0.1) is 0 Å². The minimum absolute atomic E-state index is 0.0965. The lowest BCUT2D eigenvalue weighted by molar-refractivity contribution is -0.124. The van der Waals surface area contributed by atoms with E-state index < -0.39 is 0 Å². The van der Waals surface area contributed by atoms with Crippen molar-refractivity contribution in [1.29, 1.82) is 0 Å². The molecule has 8 heteroatoms. The summed E-state index contributed by atoms with van der Waals surface area (Å²) in [5, 5.41) is 9.72. The molecule has 1 aromatic heterocycles. The molecule has 2 heterocycles. The van der Waals surface area contributed by atoms with E-state index in [2.05, 4.69) is 32.5 Å². The number of carbonyl (C=O) groups excluding carboxylic acids is 2. The molecule has 0 aromatic carbocycles. The largest absolute Gasteiger partial charge is 0.360 e. The lowest BCUT2D eigenvalue weighted by atomic mass is 9.86. The van der Waals surface area contributed by atoms with Crippen LogP contribution in [0.5, 0.6) is 0 Å². The maximum Gasteiger partial charge on any atom is 0.239 e. The summed E-state index contributed by atoms with van der Waals surface area (Å²) < 4.78 is 4.94.